The number of benzene rings is 2. The summed E-state index contributed by atoms with van der Waals surface area (Å²) in [5.41, 5.74) is 3.13. The molecule has 34 heavy (non-hydrogen) atoms. The van der Waals surface area contributed by atoms with E-state index in [0.717, 1.165) is 41.4 Å². The molecule has 6 nitrogen and oxygen atoms in total. The van der Waals surface area contributed by atoms with Gasteiger partial charge in [0.2, 0.25) is 5.75 Å². The molecule has 0 spiro atoms. The lowest BCUT2D eigenvalue weighted by Gasteiger charge is -2.56. The van der Waals surface area contributed by atoms with E-state index in [-0.39, 0.29) is 11.6 Å². The van der Waals surface area contributed by atoms with Crippen molar-refractivity contribution in [1.82, 2.24) is 5.01 Å². The van der Waals surface area contributed by atoms with Crippen LogP contribution in [0.25, 0.3) is 0 Å². The van der Waals surface area contributed by atoms with Gasteiger partial charge in [-0.25, -0.2) is 0 Å². The van der Waals surface area contributed by atoms with Crippen LogP contribution in [0.5, 0.6) is 17.2 Å². The zero-order valence-corrected chi connectivity index (χ0v) is 22.3. The molecule has 1 saturated heterocycles. The van der Waals surface area contributed by atoms with E-state index >= 15 is 0 Å². The first-order valence-electron chi connectivity index (χ1n) is 11.7. The van der Waals surface area contributed by atoms with Crippen molar-refractivity contribution in [2.75, 3.05) is 21.3 Å². The van der Waals surface area contributed by atoms with Gasteiger partial charge in [-0.1, -0.05) is 33.3 Å². The number of methoxy groups -OCH3 is 3. The van der Waals surface area contributed by atoms with Crippen molar-refractivity contribution >= 4 is 21.6 Å². The van der Waals surface area contributed by atoms with Gasteiger partial charge >= 0.3 is 0 Å². The number of rotatable bonds is 7. The molecule has 1 saturated carbocycles. The average Bonchev–Trinajstić information content (AvgIpc) is 2.83. The summed E-state index contributed by atoms with van der Waals surface area (Å²) >= 11 is 3.49. The maximum absolute atomic E-state index is 5.61. The summed E-state index contributed by atoms with van der Waals surface area (Å²) in [5, 5.41) is 11.7. The van der Waals surface area contributed by atoms with E-state index in [4.69, 9.17) is 19.4 Å². The fraction of sp³-hybridized carbons (Fsp3) is 0.481. The van der Waals surface area contributed by atoms with Gasteiger partial charge in [0.25, 0.3) is 0 Å². The van der Waals surface area contributed by atoms with E-state index in [1.807, 2.05) is 36.4 Å². The van der Waals surface area contributed by atoms with Crippen molar-refractivity contribution in [1.29, 1.82) is 0 Å². The number of ether oxygens (including phenoxy) is 3. The minimum Gasteiger partial charge on any atom is -0.493 e. The molecule has 0 amide bonds. The Bertz CT molecular complexity index is 1040. The first-order chi connectivity index (χ1) is 16.3. The van der Waals surface area contributed by atoms with Crippen molar-refractivity contribution in [2.24, 2.45) is 22.2 Å². The number of halogens is 1. The van der Waals surface area contributed by atoms with Crippen LogP contribution >= 0.6 is 15.9 Å². The molecular weight excluding hydrogens is 494 g/mol. The van der Waals surface area contributed by atoms with E-state index in [0.29, 0.717) is 29.1 Å². The minimum absolute atomic E-state index is 0.124. The molecule has 4 rings (SSSR count). The Morgan fingerprint density at radius 2 is 1.71 bits per heavy atom. The predicted molar refractivity (Wildman–Crippen MR) is 138 cm³/mol. The van der Waals surface area contributed by atoms with Gasteiger partial charge in [0.1, 0.15) is 0 Å². The van der Waals surface area contributed by atoms with Crippen LogP contribution in [-0.4, -0.2) is 37.9 Å². The Morgan fingerprint density at radius 3 is 2.29 bits per heavy atom. The molecular formula is C27H34BrN3O3. The number of nitrogens with zero attached hydrogens (tertiary/aromatic N) is 3. The number of fused-ring (bicyclic) bond motifs is 2. The first-order valence-corrected chi connectivity index (χ1v) is 12.5. The molecule has 3 atom stereocenters. The van der Waals surface area contributed by atoms with Gasteiger partial charge in [-0.3, -0.25) is 5.01 Å². The summed E-state index contributed by atoms with van der Waals surface area (Å²) in [6.07, 6.45) is 4.12. The monoisotopic (exact) mass is 527 g/mol. The lowest BCUT2D eigenvalue weighted by molar-refractivity contribution is -0.0641. The lowest BCUT2D eigenvalue weighted by atomic mass is 9.63. The third-order valence-corrected chi connectivity index (χ3v) is 8.03. The van der Waals surface area contributed by atoms with Crippen LogP contribution in [0.15, 0.2) is 63.4 Å². The third-order valence-electron chi connectivity index (χ3n) is 7.50. The second-order valence-electron chi connectivity index (χ2n) is 9.71. The average molecular weight is 528 g/mol. The van der Waals surface area contributed by atoms with Crippen LogP contribution in [0.3, 0.4) is 0 Å². The Morgan fingerprint density at radius 1 is 1.06 bits per heavy atom. The molecule has 2 bridgehead atoms. The number of piperidine rings is 1. The van der Waals surface area contributed by atoms with E-state index in [2.05, 4.69) is 46.5 Å². The van der Waals surface area contributed by atoms with Crippen LogP contribution in [0, 0.1) is 11.8 Å². The molecule has 182 valence electrons. The van der Waals surface area contributed by atoms with Crippen LogP contribution in [-0.2, 0) is 6.42 Å². The molecule has 2 aromatic rings. The van der Waals surface area contributed by atoms with Crippen molar-refractivity contribution in [2.45, 2.75) is 51.1 Å². The number of hydrogen-bond donors (Lipinski definition) is 0. The Hall–Kier alpha value is -2.54. The summed E-state index contributed by atoms with van der Waals surface area (Å²) in [6.45, 7) is 9.05. The van der Waals surface area contributed by atoms with E-state index in [1.54, 1.807) is 21.3 Å². The maximum atomic E-state index is 5.61. The summed E-state index contributed by atoms with van der Waals surface area (Å²) in [7, 11) is 4.92. The highest BCUT2D eigenvalue weighted by molar-refractivity contribution is 9.10. The molecule has 1 aliphatic carbocycles. The zero-order chi connectivity index (χ0) is 24.5. The van der Waals surface area contributed by atoms with Crippen LogP contribution in [0.4, 0.5) is 5.69 Å². The largest absolute Gasteiger partial charge is 0.493 e. The van der Waals surface area contributed by atoms with Gasteiger partial charge in [0, 0.05) is 10.4 Å². The second kappa shape index (κ2) is 9.98. The Balaban J connectivity index is 1.73. The van der Waals surface area contributed by atoms with Gasteiger partial charge in [-0.05, 0) is 87.4 Å². The highest BCUT2D eigenvalue weighted by Crippen LogP contribution is 2.50. The van der Waals surface area contributed by atoms with Crippen LogP contribution < -0.4 is 14.2 Å². The maximum Gasteiger partial charge on any atom is 0.203 e. The molecule has 1 unspecified atom stereocenters. The predicted octanol–water partition coefficient (Wildman–Crippen LogP) is 7.15. The van der Waals surface area contributed by atoms with Crippen molar-refractivity contribution in [3.8, 4) is 17.2 Å². The minimum atomic E-state index is -0.124. The molecule has 0 aromatic heterocycles. The summed E-state index contributed by atoms with van der Waals surface area (Å²) < 4.78 is 17.8. The van der Waals surface area contributed by atoms with Gasteiger partial charge in [0.05, 0.1) is 38.6 Å². The highest BCUT2D eigenvalue weighted by atomic mass is 79.9. The number of hydrogen-bond acceptors (Lipinski definition) is 5. The molecule has 0 radical (unpaired) electrons. The van der Waals surface area contributed by atoms with E-state index < -0.39 is 0 Å². The summed E-state index contributed by atoms with van der Waals surface area (Å²) in [4.78, 5) is 0. The fourth-order valence-corrected chi connectivity index (χ4v) is 5.77. The standard InChI is InChI=1S/C27H34BrN3O3/c1-17-7-8-19-16-22(17)23(13-18-14-24(32-4)26(34-6)25(15-18)33-5)31(27(19,2)3)30-29-21-11-9-20(28)10-12-21/h9-12,14-15,19,22-23H,1,7-8,13,16H2,2-6H3/t19?,22-,23-/m1/s1. The topological polar surface area (TPSA) is 55.6 Å². The normalized spacial score (nSPS) is 23.8. The Kier molecular flexibility index (Phi) is 7.22. The molecule has 1 heterocycles. The Labute approximate surface area is 211 Å². The molecule has 2 aromatic carbocycles. The van der Waals surface area contributed by atoms with E-state index in [9.17, 15) is 0 Å². The van der Waals surface area contributed by atoms with Crippen LogP contribution in [0.1, 0.15) is 38.7 Å². The van der Waals surface area contributed by atoms with Gasteiger partial charge in [-0.2, -0.15) is 0 Å². The smallest absolute Gasteiger partial charge is 0.203 e. The molecule has 7 heteroatoms. The molecule has 2 aliphatic rings. The van der Waals surface area contributed by atoms with Crippen molar-refractivity contribution < 1.29 is 14.2 Å². The molecule has 2 fully saturated rings. The van der Waals surface area contributed by atoms with Crippen molar-refractivity contribution in [3.05, 3.63) is 58.6 Å². The summed E-state index contributed by atoms with van der Waals surface area (Å²) in [5.74, 6) is 2.83. The van der Waals surface area contributed by atoms with Crippen molar-refractivity contribution in [3.63, 3.8) is 0 Å². The van der Waals surface area contributed by atoms with Gasteiger partial charge < -0.3 is 14.2 Å². The van der Waals surface area contributed by atoms with Gasteiger partial charge in [0.15, 0.2) is 11.5 Å². The van der Waals surface area contributed by atoms with Crippen LogP contribution in [0.2, 0.25) is 0 Å². The molecule has 0 N–H and O–H groups in total. The summed E-state index contributed by atoms with van der Waals surface area (Å²) in [6, 6.07) is 12.1. The zero-order valence-electron chi connectivity index (χ0n) is 20.7. The fourth-order valence-electron chi connectivity index (χ4n) is 5.50. The van der Waals surface area contributed by atoms with E-state index in [1.165, 1.54) is 5.57 Å². The highest BCUT2D eigenvalue weighted by Gasteiger charge is 2.50. The SMILES string of the molecule is C=C1CCC2C[C@H]1[C@@H](Cc1cc(OC)c(OC)c(OC)c1)N(N=Nc1ccc(Br)cc1)C2(C)C. The quantitative estimate of drug-likeness (QED) is 0.283. The second-order valence-corrected chi connectivity index (χ2v) is 10.6. The third kappa shape index (κ3) is 4.67. The lowest BCUT2D eigenvalue weighted by Crippen LogP contribution is -2.60. The first kappa shape index (κ1) is 24.6. The molecule has 1 aliphatic heterocycles. The van der Waals surface area contributed by atoms with Gasteiger partial charge in [-0.15, -0.1) is 5.11 Å².